The van der Waals surface area contributed by atoms with Crippen LogP contribution in [-0.4, -0.2) is 77.8 Å². The molecule has 2 N–H and O–H groups in total. The van der Waals surface area contributed by atoms with Crippen molar-refractivity contribution in [3.05, 3.63) is 95.9 Å². The Balaban J connectivity index is 1.44. The highest BCUT2D eigenvalue weighted by molar-refractivity contribution is 5.99. The zero-order valence-electron chi connectivity index (χ0n) is 25.9. The monoisotopic (exact) mass is 618 g/mol. The summed E-state index contributed by atoms with van der Waals surface area (Å²) in [6, 6.07) is 20.0. The average Bonchev–Trinajstić information content (AvgIpc) is 3.08. The van der Waals surface area contributed by atoms with E-state index in [1.807, 2.05) is 18.2 Å². The van der Waals surface area contributed by atoms with Gasteiger partial charge in [-0.25, -0.2) is 9.97 Å². The van der Waals surface area contributed by atoms with Crippen molar-refractivity contribution < 1.29 is 14.3 Å². The first kappa shape index (κ1) is 30.3. The van der Waals surface area contributed by atoms with Gasteiger partial charge in [0.05, 0.1) is 31.8 Å². The standard InChI is InChI=1S/C34H34N8O4/c1-5-30(43)36-23-9-7-10-25(19-23)42-32-28(37-31(33(42)44)22-8-6-11-26(18-22)45-3)21-35-34(39-32)38-27-13-12-24(20-29(27)46-4)41-16-14-40(2)15-17-41/h5-13,18-21H,1,14-17H2,2-4H3,(H,36,43)(H,35,38,39). The molecule has 6 rings (SSSR count). The summed E-state index contributed by atoms with van der Waals surface area (Å²) in [4.78, 5) is 44.8. The van der Waals surface area contributed by atoms with Gasteiger partial charge in [-0.2, -0.15) is 4.98 Å². The predicted octanol–water partition coefficient (Wildman–Crippen LogP) is 4.48. The zero-order chi connectivity index (χ0) is 32.2. The summed E-state index contributed by atoms with van der Waals surface area (Å²) < 4.78 is 12.6. The van der Waals surface area contributed by atoms with Gasteiger partial charge in [0.25, 0.3) is 5.56 Å². The Hall–Kier alpha value is -5.75. The van der Waals surface area contributed by atoms with E-state index in [1.165, 1.54) is 10.6 Å². The molecule has 2 aromatic heterocycles. The highest BCUT2D eigenvalue weighted by Gasteiger charge is 2.19. The van der Waals surface area contributed by atoms with Crippen molar-refractivity contribution in [1.29, 1.82) is 0 Å². The van der Waals surface area contributed by atoms with Crippen molar-refractivity contribution in [3.8, 4) is 28.4 Å². The van der Waals surface area contributed by atoms with Crippen LogP contribution in [0, 0.1) is 0 Å². The van der Waals surface area contributed by atoms with Crippen molar-refractivity contribution in [3.63, 3.8) is 0 Å². The number of likely N-dealkylation sites (N-methyl/N-ethyl adjacent to an activating group) is 1. The van der Waals surface area contributed by atoms with E-state index in [9.17, 15) is 9.59 Å². The van der Waals surface area contributed by atoms with Gasteiger partial charge in [-0.05, 0) is 55.6 Å². The normalized spacial score (nSPS) is 13.3. The molecule has 3 aromatic carbocycles. The van der Waals surface area contributed by atoms with Crippen LogP contribution in [0.15, 0.2) is 90.4 Å². The number of rotatable bonds is 9. The molecule has 0 bridgehead atoms. The summed E-state index contributed by atoms with van der Waals surface area (Å²) in [5.74, 6) is 1.10. The Morgan fingerprint density at radius 2 is 1.74 bits per heavy atom. The van der Waals surface area contributed by atoms with Crippen LogP contribution in [0.1, 0.15) is 0 Å². The number of aromatic nitrogens is 4. The maximum Gasteiger partial charge on any atom is 0.283 e. The topological polar surface area (TPSA) is 127 Å². The fourth-order valence-corrected chi connectivity index (χ4v) is 5.32. The second-order valence-electron chi connectivity index (χ2n) is 10.8. The maximum absolute atomic E-state index is 14.2. The van der Waals surface area contributed by atoms with Crippen LogP contribution < -0.4 is 30.6 Å². The largest absolute Gasteiger partial charge is 0.497 e. The van der Waals surface area contributed by atoms with Crippen LogP contribution in [0.4, 0.5) is 23.0 Å². The molecule has 1 aliphatic rings. The summed E-state index contributed by atoms with van der Waals surface area (Å²) in [6.45, 7) is 7.36. The summed E-state index contributed by atoms with van der Waals surface area (Å²) in [7, 11) is 5.31. The molecule has 1 amide bonds. The molecule has 0 saturated carbocycles. The van der Waals surface area contributed by atoms with Crippen LogP contribution in [0.3, 0.4) is 0 Å². The molecule has 1 saturated heterocycles. The maximum atomic E-state index is 14.2. The van der Waals surface area contributed by atoms with Crippen molar-refractivity contribution in [1.82, 2.24) is 24.4 Å². The molecule has 12 nitrogen and oxygen atoms in total. The Morgan fingerprint density at radius 1 is 0.935 bits per heavy atom. The first-order chi connectivity index (χ1) is 22.4. The number of ether oxygens (including phenoxy) is 2. The van der Waals surface area contributed by atoms with Gasteiger partial charge in [0, 0.05) is 49.2 Å². The number of fused-ring (bicyclic) bond motifs is 1. The predicted molar refractivity (Wildman–Crippen MR) is 180 cm³/mol. The molecule has 0 spiro atoms. The van der Waals surface area contributed by atoms with E-state index in [0.717, 1.165) is 31.9 Å². The number of nitrogens with one attached hydrogen (secondary N) is 2. The van der Waals surface area contributed by atoms with E-state index >= 15 is 0 Å². The summed E-state index contributed by atoms with van der Waals surface area (Å²) >= 11 is 0. The van der Waals surface area contributed by atoms with Crippen molar-refractivity contribution >= 4 is 40.1 Å². The minimum atomic E-state index is -0.410. The van der Waals surface area contributed by atoms with Crippen molar-refractivity contribution in [2.45, 2.75) is 0 Å². The molecule has 1 fully saturated rings. The van der Waals surface area contributed by atoms with Crippen LogP contribution >= 0.6 is 0 Å². The Bertz CT molecular complexity index is 1980. The highest BCUT2D eigenvalue weighted by Crippen LogP contribution is 2.32. The number of benzene rings is 3. The van der Waals surface area contributed by atoms with Crippen LogP contribution in [-0.2, 0) is 4.79 Å². The third-order valence-electron chi connectivity index (χ3n) is 7.80. The van der Waals surface area contributed by atoms with E-state index in [-0.39, 0.29) is 23.2 Å². The second kappa shape index (κ2) is 13.1. The number of piperazine rings is 1. The number of anilines is 4. The molecule has 12 heteroatoms. The Morgan fingerprint density at radius 3 is 2.50 bits per heavy atom. The Kier molecular flexibility index (Phi) is 8.61. The fraction of sp³-hybridized carbons (Fsp3) is 0.206. The van der Waals surface area contributed by atoms with E-state index < -0.39 is 5.56 Å². The molecule has 1 aliphatic heterocycles. The quantitative estimate of drug-likeness (QED) is 0.228. The molecule has 0 atom stereocenters. The lowest BCUT2D eigenvalue weighted by atomic mass is 10.1. The number of amides is 1. The van der Waals surface area contributed by atoms with Crippen LogP contribution in [0.25, 0.3) is 28.1 Å². The molecular weight excluding hydrogens is 584 g/mol. The Labute approximate surface area is 265 Å². The van der Waals surface area contributed by atoms with Gasteiger partial charge < -0.3 is 29.9 Å². The first-order valence-electron chi connectivity index (χ1n) is 14.7. The minimum absolute atomic E-state index is 0.192. The lowest BCUT2D eigenvalue weighted by Gasteiger charge is -2.34. The lowest BCUT2D eigenvalue weighted by Crippen LogP contribution is -2.44. The molecule has 5 aromatic rings. The molecule has 3 heterocycles. The third-order valence-corrected chi connectivity index (χ3v) is 7.80. The fourth-order valence-electron chi connectivity index (χ4n) is 5.32. The summed E-state index contributed by atoms with van der Waals surface area (Å²) in [6.07, 6.45) is 2.75. The molecular formula is C34H34N8O4. The number of hydrogen-bond acceptors (Lipinski definition) is 10. The summed E-state index contributed by atoms with van der Waals surface area (Å²) in [5, 5.41) is 6.00. The second-order valence-corrected chi connectivity index (χ2v) is 10.8. The van der Waals surface area contributed by atoms with Crippen molar-refractivity contribution in [2.24, 2.45) is 0 Å². The van der Waals surface area contributed by atoms with E-state index in [4.69, 9.17) is 14.5 Å². The van der Waals surface area contributed by atoms with Gasteiger partial charge >= 0.3 is 0 Å². The molecule has 46 heavy (non-hydrogen) atoms. The van der Waals surface area contributed by atoms with Gasteiger partial charge in [-0.3, -0.25) is 14.2 Å². The van der Waals surface area contributed by atoms with E-state index in [1.54, 1.807) is 68.9 Å². The van der Waals surface area contributed by atoms with Gasteiger partial charge in [-0.1, -0.05) is 24.8 Å². The van der Waals surface area contributed by atoms with Gasteiger partial charge in [0.2, 0.25) is 11.9 Å². The smallest absolute Gasteiger partial charge is 0.283 e. The number of nitrogens with zero attached hydrogens (tertiary/aromatic N) is 6. The number of carbonyl (C=O) groups excluding carboxylic acids is 1. The first-order valence-corrected chi connectivity index (χ1v) is 14.7. The molecule has 0 radical (unpaired) electrons. The third kappa shape index (κ3) is 6.24. The van der Waals surface area contributed by atoms with Gasteiger partial charge in [0.1, 0.15) is 22.7 Å². The van der Waals surface area contributed by atoms with E-state index in [2.05, 4.69) is 44.0 Å². The highest BCUT2D eigenvalue weighted by atomic mass is 16.5. The van der Waals surface area contributed by atoms with Crippen molar-refractivity contribution in [2.75, 3.05) is 63.0 Å². The number of methoxy groups -OCH3 is 2. The van der Waals surface area contributed by atoms with Crippen LogP contribution in [0.5, 0.6) is 11.5 Å². The SMILES string of the molecule is C=CC(=O)Nc1cccc(-n2c(=O)c(-c3cccc(OC)c3)nc3cnc(Nc4ccc(N5CCN(C)CC5)cc4OC)nc32)c1. The number of carbonyl (C=O) groups is 1. The average molecular weight is 619 g/mol. The molecule has 0 aliphatic carbocycles. The summed E-state index contributed by atoms with van der Waals surface area (Å²) in [5.41, 5.74) is 3.72. The number of hydrogen-bond donors (Lipinski definition) is 2. The molecule has 0 unspecified atom stereocenters. The van der Waals surface area contributed by atoms with Gasteiger partial charge in [-0.15, -0.1) is 0 Å². The zero-order valence-corrected chi connectivity index (χ0v) is 25.9. The molecule has 234 valence electrons. The van der Waals surface area contributed by atoms with Crippen LogP contribution in [0.2, 0.25) is 0 Å². The minimum Gasteiger partial charge on any atom is -0.497 e. The van der Waals surface area contributed by atoms with E-state index in [0.29, 0.717) is 39.6 Å². The van der Waals surface area contributed by atoms with Gasteiger partial charge in [0.15, 0.2) is 5.65 Å². The lowest BCUT2D eigenvalue weighted by molar-refractivity contribution is -0.111.